The molecular formula is C13H21N3O2. The number of nitriles is 1. The van der Waals surface area contributed by atoms with Crippen LogP contribution in [-0.4, -0.2) is 17.9 Å². The van der Waals surface area contributed by atoms with Crippen LogP contribution in [0.15, 0.2) is 0 Å². The second kappa shape index (κ2) is 7.70. The minimum Gasteiger partial charge on any atom is -0.368 e. The van der Waals surface area contributed by atoms with E-state index in [0.717, 1.165) is 25.7 Å². The number of unbranched alkanes of at least 4 members (excludes halogenated alkanes) is 1. The van der Waals surface area contributed by atoms with Crippen molar-refractivity contribution in [1.82, 2.24) is 5.32 Å². The van der Waals surface area contributed by atoms with Crippen molar-refractivity contribution in [3.63, 3.8) is 0 Å². The number of carbonyl (C=O) groups excluding carboxylic acids is 2. The highest BCUT2D eigenvalue weighted by Gasteiger charge is 2.25. The summed E-state index contributed by atoms with van der Waals surface area (Å²) in [5.41, 5.74) is 5.26. The van der Waals surface area contributed by atoms with Crippen LogP contribution < -0.4 is 11.1 Å². The zero-order valence-electron chi connectivity index (χ0n) is 10.7. The lowest BCUT2D eigenvalue weighted by molar-refractivity contribution is -0.130. The van der Waals surface area contributed by atoms with Crippen LogP contribution >= 0.6 is 0 Å². The highest BCUT2D eigenvalue weighted by atomic mass is 16.2. The van der Waals surface area contributed by atoms with Crippen LogP contribution in [0.2, 0.25) is 0 Å². The SMILES string of the molecule is N#CCCC[C@H](NC(=O)C1CCCCC1)C(N)=O. The molecule has 0 aromatic carbocycles. The van der Waals surface area contributed by atoms with Crippen molar-refractivity contribution in [2.45, 2.75) is 57.4 Å². The van der Waals surface area contributed by atoms with Gasteiger partial charge in [-0.15, -0.1) is 0 Å². The maximum atomic E-state index is 12.0. The van der Waals surface area contributed by atoms with Crippen LogP contribution in [0.1, 0.15) is 51.4 Å². The molecule has 1 rings (SSSR count). The number of primary amides is 1. The Bertz CT molecular complexity index is 330. The van der Waals surface area contributed by atoms with E-state index in [0.29, 0.717) is 19.3 Å². The van der Waals surface area contributed by atoms with Crippen LogP contribution in [0.4, 0.5) is 0 Å². The highest BCUT2D eigenvalue weighted by Crippen LogP contribution is 2.23. The minimum atomic E-state index is -0.632. The number of carbonyl (C=O) groups is 2. The fourth-order valence-corrected chi connectivity index (χ4v) is 2.33. The van der Waals surface area contributed by atoms with E-state index < -0.39 is 11.9 Å². The van der Waals surface area contributed by atoms with Crippen molar-refractivity contribution in [2.24, 2.45) is 11.7 Å². The Labute approximate surface area is 108 Å². The number of hydrogen-bond acceptors (Lipinski definition) is 3. The van der Waals surface area contributed by atoms with Gasteiger partial charge in [0.05, 0.1) is 6.07 Å². The zero-order chi connectivity index (χ0) is 13.4. The molecule has 0 radical (unpaired) electrons. The Morgan fingerprint density at radius 1 is 1.33 bits per heavy atom. The number of nitrogens with two attached hydrogens (primary N) is 1. The van der Waals surface area contributed by atoms with Gasteiger partial charge in [-0.25, -0.2) is 0 Å². The Morgan fingerprint density at radius 2 is 2.00 bits per heavy atom. The second-order valence-corrected chi connectivity index (χ2v) is 4.85. The van der Waals surface area contributed by atoms with E-state index in [4.69, 9.17) is 11.0 Å². The average molecular weight is 251 g/mol. The van der Waals surface area contributed by atoms with Gasteiger partial charge in [0.25, 0.3) is 0 Å². The summed E-state index contributed by atoms with van der Waals surface area (Å²) in [7, 11) is 0. The molecule has 18 heavy (non-hydrogen) atoms. The highest BCUT2D eigenvalue weighted by molar-refractivity contribution is 5.87. The minimum absolute atomic E-state index is 0.0246. The number of amides is 2. The molecule has 1 aliphatic carbocycles. The van der Waals surface area contributed by atoms with Gasteiger partial charge in [0, 0.05) is 12.3 Å². The lowest BCUT2D eigenvalue weighted by Gasteiger charge is -2.23. The fraction of sp³-hybridized carbons (Fsp3) is 0.769. The molecule has 0 aromatic rings. The van der Waals surface area contributed by atoms with Gasteiger partial charge in [-0.3, -0.25) is 9.59 Å². The summed E-state index contributed by atoms with van der Waals surface area (Å²) in [5, 5.41) is 11.2. The van der Waals surface area contributed by atoms with Gasteiger partial charge in [0.2, 0.25) is 11.8 Å². The lowest BCUT2D eigenvalue weighted by Crippen LogP contribution is -2.46. The molecule has 1 fully saturated rings. The molecule has 0 saturated heterocycles. The first-order valence-electron chi connectivity index (χ1n) is 6.61. The molecule has 3 N–H and O–H groups in total. The Morgan fingerprint density at radius 3 is 2.56 bits per heavy atom. The van der Waals surface area contributed by atoms with Crippen LogP contribution in [0, 0.1) is 17.2 Å². The van der Waals surface area contributed by atoms with Crippen LogP contribution in [-0.2, 0) is 9.59 Å². The van der Waals surface area contributed by atoms with Gasteiger partial charge in [0.15, 0.2) is 0 Å². The van der Waals surface area contributed by atoms with E-state index >= 15 is 0 Å². The summed E-state index contributed by atoms with van der Waals surface area (Å²) in [6.07, 6.45) is 6.54. The standard InChI is InChI=1S/C13H21N3O2/c14-9-5-4-8-11(12(15)17)16-13(18)10-6-2-1-3-7-10/h10-11H,1-8H2,(H2,15,17)(H,16,18)/t11-/m0/s1. The maximum absolute atomic E-state index is 12.0. The van der Waals surface area contributed by atoms with Gasteiger partial charge < -0.3 is 11.1 Å². The second-order valence-electron chi connectivity index (χ2n) is 4.85. The molecule has 0 aliphatic heterocycles. The van der Waals surface area contributed by atoms with E-state index in [2.05, 4.69) is 5.32 Å². The smallest absolute Gasteiger partial charge is 0.240 e. The van der Waals surface area contributed by atoms with Crippen LogP contribution in [0.3, 0.4) is 0 Å². The Kier molecular flexibility index (Phi) is 6.20. The Hall–Kier alpha value is -1.57. The summed E-state index contributed by atoms with van der Waals surface area (Å²) in [6, 6.07) is 1.38. The summed E-state index contributed by atoms with van der Waals surface area (Å²) in [6.45, 7) is 0. The summed E-state index contributed by atoms with van der Waals surface area (Å²) in [4.78, 5) is 23.2. The summed E-state index contributed by atoms with van der Waals surface area (Å²) < 4.78 is 0. The molecule has 2 amide bonds. The molecule has 0 spiro atoms. The van der Waals surface area contributed by atoms with Crippen molar-refractivity contribution in [2.75, 3.05) is 0 Å². The molecule has 1 aliphatic rings. The monoisotopic (exact) mass is 251 g/mol. The van der Waals surface area contributed by atoms with E-state index in [1.807, 2.05) is 6.07 Å². The van der Waals surface area contributed by atoms with Gasteiger partial charge in [-0.1, -0.05) is 19.3 Å². The molecule has 0 bridgehead atoms. The molecule has 1 atom stereocenters. The molecule has 5 heteroatoms. The fourth-order valence-electron chi connectivity index (χ4n) is 2.33. The molecule has 0 heterocycles. The van der Waals surface area contributed by atoms with Crippen molar-refractivity contribution in [3.05, 3.63) is 0 Å². The number of rotatable bonds is 6. The number of nitrogens with zero attached hydrogens (tertiary/aromatic N) is 1. The van der Waals surface area contributed by atoms with Crippen molar-refractivity contribution >= 4 is 11.8 Å². The lowest BCUT2D eigenvalue weighted by atomic mass is 9.88. The Balaban J connectivity index is 2.41. The third-order valence-corrected chi connectivity index (χ3v) is 3.42. The quantitative estimate of drug-likeness (QED) is 0.695. The predicted molar refractivity (Wildman–Crippen MR) is 67.2 cm³/mol. The van der Waals surface area contributed by atoms with E-state index in [-0.39, 0.29) is 11.8 Å². The summed E-state index contributed by atoms with van der Waals surface area (Å²) >= 11 is 0. The predicted octanol–water partition coefficient (Wildman–Crippen LogP) is 1.23. The third kappa shape index (κ3) is 4.74. The van der Waals surface area contributed by atoms with Crippen LogP contribution in [0.5, 0.6) is 0 Å². The zero-order valence-corrected chi connectivity index (χ0v) is 10.7. The average Bonchev–Trinajstić information content (AvgIpc) is 2.38. The third-order valence-electron chi connectivity index (χ3n) is 3.42. The number of nitrogens with one attached hydrogen (secondary N) is 1. The first-order valence-corrected chi connectivity index (χ1v) is 6.61. The molecule has 1 saturated carbocycles. The van der Waals surface area contributed by atoms with Crippen molar-refractivity contribution in [1.29, 1.82) is 5.26 Å². The van der Waals surface area contributed by atoms with Crippen molar-refractivity contribution < 1.29 is 9.59 Å². The molecule has 100 valence electrons. The molecule has 5 nitrogen and oxygen atoms in total. The van der Waals surface area contributed by atoms with Gasteiger partial charge >= 0.3 is 0 Å². The molecular weight excluding hydrogens is 230 g/mol. The first kappa shape index (κ1) is 14.5. The topological polar surface area (TPSA) is 96.0 Å². The molecule has 0 aromatic heterocycles. The van der Waals surface area contributed by atoms with Crippen molar-refractivity contribution in [3.8, 4) is 6.07 Å². The van der Waals surface area contributed by atoms with Crippen LogP contribution in [0.25, 0.3) is 0 Å². The molecule has 0 unspecified atom stereocenters. The normalized spacial score (nSPS) is 17.7. The van der Waals surface area contributed by atoms with Gasteiger partial charge in [0.1, 0.15) is 6.04 Å². The first-order chi connectivity index (χ1) is 8.65. The van der Waals surface area contributed by atoms with E-state index in [9.17, 15) is 9.59 Å². The van der Waals surface area contributed by atoms with Gasteiger partial charge in [-0.2, -0.15) is 5.26 Å². The maximum Gasteiger partial charge on any atom is 0.240 e. The van der Waals surface area contributed by atoms with E-state index in [1.54, 1.807) is 0 Å². The largest absolute Gasteiger partial charge is 0.368 e. The summed E-state index contributed by atoms with van der Waals surface area (Å²) in [5.74, 6) is -0.552. The van der Waals surface area contributed by atoms with Gasteiger partial charge in [-0.05, 0) is 25.7 Å². The van der Waals surface area contributed by atoms with E-state index in [1.165, 1.54) is 6.42 Å². The number of hydrogen-bond donors (Lipinski definition) is 2.